The van der Waals surface area contributed by atoms with Gasteiger partial charge in [-0.15, -0.1) is 0 Å². The first kappa shape index (κ1) is 18.2. The summed E-state index contributed by atoms with van der Waals surface area (Å²) in [7, 11) is 3.65. The van der Waals surface area contributed by atoms with Crippen LogP contribution in [0.2, 0.25) is 0 Å². The smallest absolute Gasteiger partial charge is 0.225 e. The van der Waals surface area contributed by atoms with Crippen LogP contribution in [-0.4, -0.2) is 37.0 Å². The van der Waals surface area contributed by atoms with E-state index in [4.69, 9.17) is 10.5 Å². The topological polar surface area (TPSA) is 55.6 Å². The van der Waals surface area contributed by atoms with Gasteiger partial charge in [-0.2, -0.15) is 0 Å². The number of amides is 1. The molecule has 3 atom stereocenters. The number of ether oxygens (including phenoxy) is 1. The van der Waals surface area contributed by atoms with E-state index in [-0.39, 0.29) is 12.0 Å². The van der Waals surface area contributed by atoms with Gasteiger partial charge in [0.25, 0.3) is 0 Å². The fourth-order valence-corrected chi connectivity index (χ4v) is 4.82. The van der Waals surface area contributed by atoms with Crippen LogP contribution >= 0.6 is 0 Å². The molecule has 1 aromatic rings. The largest absolute Gasteiger partial charge is 0.496 e. The molecule has 3 rings (SSSR count). The van der Waals surface area contributed by atoms with E-state index in [0.717, 1.165) is 30.6 Å². The molecule has 4 heteroatoms. The van der Waals surface area contributed by atoms with Gasteiger partial charge in [0.05, 0.1) is 7.11 Å². The molecule has 25 heavy (non-hydrogen) atoms. The summed E-state index contributed by atoms with van der Waals surface area (Å²) in [5.74, 6) is 2.43. The number of benzene rings is 1. The lowest BCUT2D eigenvalue weighted by Crippen LogP contribution is -2.50. The molecule has 4 nitrogen and oxygen atoms in total. The van der Waals surface area contributed by atoms with E-state index < -0.39 is 0 Å². The molecule has 2 N–H and O–H groups in total. The number of likely N-dealkylation sites (N-methyl/N-ethyl adjacent to an activating group) is 1. The second-order valence-electron chi connectivity index (χ2n) is 8.01. The molecule has 0 saturated heterocycles. The van der Waals surface area contributed by atoms with Crippen molar-refractivity contribution in [2.24, 2.45) is 23.5 Å². The summed E-state index contributed by atoms with van der Waals surface area (Å²) in [5, 5.41) is 0. The zero-order valence-corrected chi connectivity index (χ0v) is 15.8. The molecule has 0 spiro atoms. The molecule has 3 unspecified atom stereocenters. The van der Waals surface area contributed by atoms with Crippen molar-refractivity contribution in [1.29, 1.82) is 0 Å². The van der Waals surface area contributed by atoms with Gasteiger partial charge >= 0.3 is 0 Å². The van der Waals surface area contributed by atoms with E-state index in [2.05, 4.69) is 13.0 Å². The molecule has 138 valence electrons. The molecule has 2 aliphatic carbocycles. The van der Waals surface area contributed by atoms with Crippen LogP contribution < -0.4 is 10.5 Å². The van der Waals surface area contributed by atoms with E-state index in [9.17, 15) is 4.79 Å². The van der Waals surface area contributed by atoms with Crippen LogP contribution in [0.15, 0.2) is 24.3 Å². The van der Waals surface area contributed by atoms with Crippen molar-refractivity contribution in [3.63, 3.8) is 0 Å². The number of fused-ring (bicyclic) bond motifs is 2. The molecule has 1 aromatic carbocycles. The number of para-hydroxylation sites is 1. The third-order valence-corrected chi connectivity index (χ3v) is 6.48. The van der Waals surface area contributed by atoms with Gasteiger partial charge in [0.15, 0.2) is 0 Å². The molecular weight excluding hydrogens is 312 g/mol. The van der Waals surface area contributed by atoms with Crippen molar-refractivity contribution in [2.45, 2.75) is 57.5 Å². The Morgan fingerprint density at radius 2 is 1.92 bits per heavy atom. The number of hydrogen-bond donors (Lipinski definition) is 1. The molecule has 2 fully saturated rings. The van der Waals surface area contributed by atoms with Gasteiger partial charge in [0.1, 0.15) is 5.75 Å². The maximum absolute atomic E-state index is 13.1. The molecule has 0 heterocycles. The molecule has 0 radical (unpaired) electrons. The van der Waals surface area contributed by atoms with Crippen molar-refractivity contribution < 1.29 is 9.53 Å². The van der Waals surface area contributed by atoms with Gasteiger partial charge in [0, 0.05) is 25.0 Å². The summed E-state index contributed by atoms with van der Waals surface area (Å²) in [5.41, 5.74) is 7.53. The van der Waals surface area contributed by atoms with Crippen LogP contribution in [0.1, 0.15) is 44.6 Å². The highest BCUT2D eigenvalue weighted by Crippen LogP contribution is 2.42. The number of carbonyl (C=O) groups is 1. The van der Waals surface area contributed by atoms with Gasteiger partial charge in [-0.3, -0.25) is 4.79 Å². The molecule has 2 saturated carbocycles. The monoisotopic (exact) mass is 344 g/mol. The SMILES string of the molecule is COc1ccccc1CC(C)N(C)C(=O)C1CC2CCCC(C1)C2N. The Labute approximate surface area is 151 Å². The Hall–Kier alpha value is -1.55. The summed E-state index contributed by atoms with van der Waals surface area (Å²) < 4.78 is 5.45. The van der Waals surface area contributed by atoms with Gasteiger partial charge in [0.2, 0.25) is 5.91 Å². The van der Waals surface area contributed by atoms with Crippen molar-refractivity contribution in [1.82, 2.24) is 4.90 Å². The molecule has 1 amide bonds. The first-order chi connectivity index (χ1) is 12.0. The van der Waals surface area contributed by atoms with Crippen LogP contribution in [0, 0.1) is 17.8 Å². The van der Waals surface area contributed by atoms with E-state index in [1.54, 1.807) is 7.11 Å². The Balaban J connectivity index is 1.64. The van der Waals surface area contributed by atoms with Crippen LogP contribution in [0.4, 0.5) is 0 Å². The third-order valence-electron chi connectivity index (χ3n) is 6.48. The van der Waals surface area contributed by atoms with Gasteiger partial charge in [-0.1, -0.05) is 24.6 Å². The second-order valence-corrected chi connectivity index (χ2v) is 8.01. The minimum atomic E-state index is 0.152. The minimum absolute atomic E-state index is 0.152. The summed E-state index contributed by atoms with van der Waals surface area (Å²) >= 11 is 0. The summed E-state index contributed by atoms with van der Waals surface area (Å²) in [4.78, 5) is 15.0. The number of carbonyl (C=O) groups excluding carboxylic acids is 1. The molecule has 2 bridgehead atoms. The summed E-state index contributed by atoms with van der Waals surface area (Å²) in [6.07, 6.45) is 6.43. The summed E-state index contributed by atoms with van der Waals surface area (Å²) in [6.45, 7) is 2.12. The highest BCUT2D eigenvalue weighted by Gasteiger charge is 2.41. The zero-order valence-electron chi connectivity index (χ0n) is 15.8. The number of methoxy groups -OCH3 is 1. The van der Waals surface area contributed by atoms with Crippen molar-refractivity contribution in [2.75, 3.05) is 14.2 Å². The fourth-order valence-electron chi connectivity index (χ4n) is 4.82. The van der Waals surface area contributed by atoms with E-state index in [0.29, 0.717) is 23.8 Å². The standard InChI is InChI=1S/C21H32N2O2/c1-14(11-15-7-4-5-10-19(15)25-3)23(2)21(24)18-12-16-8-6-9-17(13-18)20(16)22/h4-5,7,10,14,16-18,20H,6,8-9,11-13,22H2,1-3H3. The van der Waals surface area contributed by atoms with Crippen LogP contribution in [0.5, 0.6) is 5.75 Å². The predicted octanol–water partition coefficient (Wildman–Crippen LogP) is 3.24. The molecular formula is C21H32N2O2. The first-order valence-corrected chi connectivity index (χ1v) is 9.65. The van der Waals surface area contributed by atoms with Crippen molar-refractivity contribution >= 4 is 5.91 Å². The average molecular weight is 344 g/mol. The highest BCUT2D eigenvalue weighted by molar-refractivity contribution is 5.79. The minimum Gasteiger partial charge on any atom is -0.496 e. The Kier molecular flexibility index (Phi) is 5.67. The maximum atomic E-state index is 13.1. The quantitative estimate of drug-likeness (QED) is 0.892. The lowest BCUT2D eigenvalue weighted by Gasteiger charge is -2.44. The van der Waals surface area contributed by atoms with Crippen LogP contribution in [0.3, 0.4) is 0 Å². The van der Waals surface area contributed by atoms with E-state index in [1.165, 1.54) is 19.3 Å². The number of nitrogens with zero attached hydrogens (tertiary/aromatic N) is 1. The zero-order chi connectivity index (χ0) is 18.0. The first-order valence-electron chi connectivity index (χ1n) is 9.65. The predicted molar refractivity (Wildman–Crippen MR) is 100 cm³/mol. The van der Waals surface area contributed by atoms with Gasteiger partial charge in [-0.05, 0) is 62.5 Å². The lowest BCUT2D eigenvalue weighted by molar-refractivity contribution is -0.139. The number of nitrogens with two attached hydrogens (primary N) is 1. The molecule has 2 aliphatic rings. The van der Waals surface area contributed by atoms with Crippen molar-refractivity contribution in [3.05, 3.63) is 29.8 Å². The van der Waals surface area contributed by atoms with E-state index in [1.807, 2.05) is 30.1 Å². The van der Waals surface area contributed by atoms with Crippen LogP contribution in [0.25, 0.3) is 0 Å². The molecule has 0 aromatic heterocycles. The number of rotatable bonds is 5. The Morgan fingerprint density at radius 1 is 1.28 bits per heavy atom. The second kappa shape index (κ2) is 7.77. The van der Waals surface area contributed by atoms with Crippen molar-refractivity contribution in [3.8, 4) is 5.75 Å². The summed E-state index contributed by atoms with van der Waals surface area (Å²) in [6, 6.07) is 8.53. The lowest BCUT2D eigenvalue weighted by atomic mass is 9.65. The highest BCUT2D eigenvalue weighted by atomic mass is 16.5. The number of hydrogen-bond acceptors (Lipinski definition) is 3. The third kappa shape index (κ3) is 3.84. The van der Waals surface area contributed by atoms with Crippen LogP contribution in [-0.2, 0) is 11.2 Å². The maximum Gasteiger partial charge on any atom is 0.225 e. The average Bonchev–Trinajstić information content (AvgIpc) is 2.60. The van der Waals surface area contributed by atoms with E-state index >= 15 is 0 Å². The Morgan fingerprint density at radius 3 is 2.56 bits per heavy atom. The normalized spacial score (nSPS) is 29.8. The Bertz CT molecular complexity index is 589. The fraction of sp³-hybridized carbons (Fsp3) is 0.667. The van der Waals surface area contributed by atoms with Gasteiger partial charge in [-0.25, -0.2) is 0 Å². The van der Waals surface area contributed by atoms with Gasteiger partial charge < -0.3 is 15.4 Å². The molecule has 0 aliphatic heterocycles.